The van der Waals surface area contributed by atoms with Crippen molar-refractivity contribution in [1.82, 2.24) is 4.98 Å². The summed E-state index contributed by atoms with van der Waals surface area (Å²) in [4.78, 5) is 27.0. The number of aromatic carboxylic acids is 1. The van der Waals surface area contributed by atoms with Gasteiger partial charge in [-0.25, -0.2) is 14.6 Å². The molecule has 2 N–H and O–H groups in total. The zero-order valence-electron chi connectivity index (χ0n) is 12.0. The van der Waals surface area contributed by atoms with Gasteiger partial charge in [-0.3, -0.25) is 5.32 Å². The van der Waals surface area contributed by atoms with Gasteiger partial charge in [-0.15, -0.1) is 0 Å². The van der Waals surface area contributed by atoms with Crippen LogP contribution in [-0.2, 0) is 4.74 Å². The van der Waals surface area contributed by atoms with Crippen molar-refractivity contribution in [2.75, 3.05) is 5.32 Å². The molecule has 0 saturated carbocycles. The van der Waals surface area contributed by atoms with Gasteiger partial charge in [0.15, 0.2) is 0 Å². The SMILES string of the molecule is CC(C)(C)OC(=O)Nc1ncc(C(=O)O)c2ccccc12. The Morgan fingerprint density at radius 2 is 1.81 bits per heavy atom. The van der Waals surface area contributed by atoms with Crippen LogP contribution in [0.5, 0.6) is 0 Å². The lowest BCUT2D eigenvalue weighted by Gasteiger charge is -2.19. The number of ether oxygens (including phenoxy) is 1. The molecular weight excluding hydrogens is 272 g/mol. The fourth-order valence-corrected chi connectivity index (χ4v) is 1.86. The van der Waals surface area contributed by atoms with Crippen molar-refractivity contribution in [3.63, 3.8) is 0 Å². The third-order valence-corrected chi connectivity index (χ3v) is 2.64. The average Bonchev–Trinajstić information content (AvgIpc) is 2.36. The number of carbonyl (C=O) groups is 2. The summed E-state index contributed by atoms with van der Waals surface area (Å²) >= 11 is 0. The van der Waals surface area contributed by atoms with Gasteiger partial charge in [0.25, 0.3) is 0 Å². The predicted octanol–water partition coefficient (Wildman–Crippen LogP) is 3.28. The van der Waals surface area contributed by atoms with Crippen molar-refractivity contribution in [3.8, 4) is 0 Å². The summed E-state index contributed by atoms with van der Waals surface area (Å²) in [6.07, 6.45) is 0.584. The van der Waals surface area contributed by atoms with Crippen LogP contribution in [0.1, 0.15) is 31.1 Å². The molecule has 0 aliphatic heterocycles. The molecule has 0 spiro atoms. The molecule has 21 heavy (non-hydrogen) atoms. The summed E-state index contributed by atoms with van der Waals surface area (Å²) < 4.78 is 5.16. The lowest BCUT2D eigenvalue weighted by Crippen LogP contribution is -2.27. The topological polar surface area (TPSA) is 88.5 Å². The van der Waals surface area contributed by atoms with Crippen LogP contribution in [0.4, 0.5) is 10.6 Å². The first kappa shape index (κ1) is 14.8. The van der Waals surface area contributed by atoms with E-state index >= 15 is 0 Å². The highest BCUT2D eigenvalue weighted by Crippen LogP contribution is 2.24. The van der Waals surface area contributed by atoms with E-state index in [-0.39, 0.29) is 11.4 Å². The number of benzene rings is 1. The first-order chi connectivity index (χ1) is 9.78. The molecule has 0 radical (unpaired) electrons. The second kappa shape index (κ2) is 5.40. The minimum absolute atomic E-state index is 0.0836. The minimum Gasteiger partial charge on any atom is -0.478 e. The number of aromatic nitrogens is 1. The van der Waals surface area contributed by atoms with Crippen LogP contribution in [-0.4, -0.2) is 27.8 Å². The van der Waals surface area contributed by atoms with Crippen LogP contribution in [0.25, 0.3) is 10.8 Å². The number of amides is 1. The summed E-state index contributed by atoms with van der Waals surface area (Å²) in [6.45, 7) is 5.27. The van der Waals surface area contributed by atoms with E-state index in [2.05, 4.69) is 10.3 Å². The Morgan fingerprint density at radius 1 is 1.19 bits per heavy atom. The lowest BCUT2D eigenvalue weighted by molar-refractivity contribution is 0.0634. The van der Waals surface area contributed by atoms with Crippen LogP contribution >= 0.6 is 0 Å². The molecule has 0 saturated heterocycles. The predicted molar refractivity (Wildman–Crippen MR) is 78.6 cm³/mol. The van der Waals surface area contributed by atoms with Gasteiger partial charge in [-0.1, -0.05) is 24.3 Å². The average molecular weight is 288 g/mol. The van der Waals surface area contributed by atoms with Crippen molar-refractivity contribution < 1.29 is 19.4 Å². The van der Waals surface area contributed by atoms with E-state index in [1.807, 2.05) is 0 Å². The number of carbonyl (C=O) groups excluding carboxylic acids is 1. The molecule has 1 aromatic heterocycles. The molecule has 6 heteroatoms. The van der Waals surface area contributed by atoms with Gasteiger partial charge in [0.2, 0.25) is 0 Å². The van der Waals surface area contributed by atoms with Crippen molar-refractivity contribution in [3.05, 3.63) is 36.0 Å². The first-order valence-electron chi connectivity index (χ1n) is 6.39. The van der Waals surface area contributed by atoms with E-state index < -0.39 is 17.7 Å². The number of nitrogens with zero attached hydrogens (tertiary/aromatic N) is 1. The Balaban J connectivity index is 2.40. The van der Waals surface area contributed by atoms with Crippen LogP contribution in [0.15, 0.2) is 30.5 Å². The van der Waals surface area contributed by atoms with Gasteiger partial charge in [0, 0.05) is 17.0 Å². The van der Waals surface area contributed by atoms with Gasteiger partial charge in [0.05, 0.1) is 5.56 Å². The molecule has 0 atom stereocenters. The van der Waals surface area contributed by atoms with Crippen LogP contribution < -0.4 is 5.32 Å². The third-order valence-electron chi connectivity index (χ3n) is 2.64. The number of pyridine rings is 1. The zero-order valence-corrected chi connectivity index (χ0v) is 12.0. The van der Waals surface area contributed by atoms with Crippen molar-refractivity contribution in [2.24, 2.45) is 0 Å². The Bertz CT molecular complexity index is 704. The monoisotopic (exact) mass is 288 g/mol. The summed E-state index contributed by atoms with van der Waals surface area (Å²) in [7, 11) is 0. The molecule has 0 aliphatic rings. The standard InChI is InChI=1S/C15H16N2O4/c1-15(2,3)21-14(20)17-12-10-7-5-4-6-9(10)11(8-16-12)13(18)19/h4-8H,1-3H3,(H,18,19)(H,16,17,20). The van der Waals surface area contributed by atoms with Crippen LogP contribution in [0.3, 0.4) is 0 Å². The smallest absolute Gasteiger partial charge is 0.413 e. The highest BCUT2D eigenvalue weighted by molar-refractivity contribution is 6.08. The largest absolute Gasteiger partial charge is 0.478 e. The number of rotatable bonds is 2. The van der Waals surface area contributed by atoms with Crippen molar-refractivity contribution in [2.45, 2.75) is 26.4 Å². The maximum absolute atomic E-state index is 11.8. The molecule has 0 unspecified atom stereocenters. The molecule has 1 heterocycles. The number of fused-ring (bicyclic) bond motifs is 1. The molecule has 0 bridgehead atoms. The number of anilines is 1. The molecule has 1 amide bonds. The maximum Gasteiger partial charge on any atom is 0.413 e. The van der Waals surface area contributed by atoms with Gasteiger partial charge < -0.3 is 9.84 Å². The molecule has 1 aromatic carbocycles. The number of nitrogens with one attached hydrogen (secondary N) is 1. The van der Waals surface area contributed by atoms with Crippen molar-refractivity contribution >= 4 is 28.7 Å². The van der Waals surface area contributed by atoms with Gasteiger partial charge in [0.1, 0.15) is 11.4 Å². The van der Waals surface area contributed by atoms with E-state index in [0.29, 0.717) is 10.8 Å². The molecule has 2 aromatic rings. The summed E-state index contributed by atoms with van der Waals surface area (Å²) in [5.41, 5.74) is -0.540. The van der Waals surface area contributed by atoms with E-state index in [1.165, 1.54) is 6.20 Å². The number of carboxylic acid groups (broad SMARTS) is 1. The minimum atomic E-state index is -1.07. The fraction of sp³-hybridized carbons (Fsp3) is 0.267. The molecule has 6 nitrogen and oxygen atoms in total. The summed E-state index contributed by atoms with van der Waals surface area (Å²) in [5.74, 6) is -0.799. The molecule has 2 rings (SSSR count). The van der Waals surface area contributed by atoms with E-state index in [9.17, 15) is 9.59 Å². The van der Waals surface area contributed by atoms with E-state index in [4.69, 9.17) is 9.84 Å². The van der Waals surface area contributed by atoms with Crippen LogP contribution in [0, 0.1) is 0 Å². The van der Waals surface area contributed by atoms with Crippen molar-refractivity contribution in [1.29, 1.82) is 0 Å². The summed E-state index contributed by atoms with van der Waals surface area (Å²) in [5, 5.41) is 12.7. The second-order valence-corrected chi connectivity index (χ2v) is 5.50. The number of carboxylic acids is 1. The fourth-order valence-electron chi connectivity index (χ4n) is 1.86. The number of hydrogen-bond acceptors (Lipinski definition) is 4. The Labute approximate surface area is 121 Å². The normalized spacial score (nSPS) is 11.2. The molecule has 0 fully saturated rings. The third kappa shape index (κ3) is 3.47. The molecular formula is C15H16N2O4. The molecule has 0 aliphatic carbocycles. The van der Waals surface area contributed by atoms with Gasteiger partial charge in [-0.2, -0.15) is 0 Å². The Kier molecular flexibility index (Phi) is 3.80. The first-order valence-corrected chi connectivity index (χ1v) is 6.39. The Hall–Kier alpha value is -2.63. The maximum atomic E-state index is 11.8. The second-order valence-electron chi connectivity index (χ2n) is 5.50. The van der Waals surface area contributed by atoms with E-state index in [0.717, 1.165) is 0 Å². The number of hydrogen-bond donors (Lipinski definition) is 2. The van der Waals surface area contributed by atoms with Gasteiger partial charge in [-0.05, 0) is 20.8 Å². The quantitative estimate of drug-likeness (QED) is 0.885. The highest BCUT2D eigenvalue weighted by atomic mass is 16.6. The van der Waals surface area contributed by atoms with Gasteiger partial charge >= 0.3 is 12.1 Å². The zero-order chi connectivity index (χ0) is 15.6. The Morgan fingerprint density at radius 3 is 2.38 bits per heavy atom. The highest BCUT2D eigenvalue weighted by Gasteiger charge is 2.18. The van der Waals surface area contributed by atoms with Crippen LogP contribution in [0.2, 0.25) is 0 Å². The lowest BCUT2D eigenvalue weighted by atomic mass is 10.1. The van der Waals surface area contributed by atoms with E-state index in [1.54, 1.807) is 45.0 Å². The molecule has 110 valence electrons. The summed E-state index contributed by atoms with van der Waals surface area (Å²) in [6, 6.07) is 6.84.